The summed E-state index contributed by atoms with van der Waals surface area (Å²) in [6.07, 6.45) is 0.924. The molecule has 0 aliphatic carbocycles. The van der Waals surface area contributed by atoms with E-state index in [1.165, 1.54) is 5.56 Å². The van der Waals surface area contributed by atoms with Gasteiger partial charge in [-0.2, -0.15) is 0 Å². The Labute approximate surface area is 129 Å². The first kappa shape index (κ1) is 13.1. The van der Waals surface area contributed by atoms with Gasteiger partial charge in [-0.3, -0.25) is 4.99 Å². The van der Waals surface area contributed by atoms with E-state index < -0.39 is 0 Å². The van der Waals surface area contributed by atoms with Crippen LogP contribution in [0.2, 0.25) is 0 Å². The van der Waals surface area contributed by atoms with Crippen LogP contribution in [-0.2, 0) is 6.42 Å². The average molecular weight is 288 g/mol. The lowest BCUT2D eigenvalue weighted by Gasteiger charge is -2.28. The van der Waals surface area contributed by atoms with E-state index in [4.69, 9.17) is 4.99 Å². The minimum atomic E-state index is -0.154. The fourth-order valence-electron chi connectivity index (χ4n) is 2.93. The lowest BCUT2D eigenvalue weighted by atomic mass is 9.87. The summed E-state index contributed by atoms with van der Waals surface area (Å²) in [7, 11) is 0. The van der Waals surface area contributed by atoms with Gasteiger partial charge in [-0.15, -0.1) is 10.2 Å². The van der Waals surface area contributed by atoms with Gasteiger partial charge < -0.3 is 0 Å². The summed E-state index contributed by atoms with van der Waals surface area (Å²) >= 11 is 0. The molecule has 0 fully saturated rings. The Morgan fingerprint density at radius 3 is 2.45 bits per heavy atom. The third-order valence-electron chi connectivity index (χ3n) is 3.88. The van der Waals surface area contributed by atoms with Crippen LogP contribution >= 0.6 is 0 Å². The molecule has 0 unspecified atom stereocenters. The molecule has 0 N–H and O–H groups in total. The van der Waals surface area contributed by atoms with Gasteiger partial charge in [0, 0.05) is 5.56 Å². The maximum Gasteiger partial charge on any atom is 0.201 e. The number of aromatic nitrogens is 3. The van der Waals surface area contributed by atoms with Crippen LogP contribution in [0.3, 0.4) is 0 Å². The van der Waals surface area contributed by atoms with Crippen LogP contribution in [0.5, 0.6) is 0 Å². The highest BCUT2D eigenvalue weighted by molar-refractivity contribution is 6.12. The number of aliphatic imine (C=N–C) groups is 1. The van der Waals surface area contributed by atoms with E-state index in [0.29, 0.717) is 5.82 Å². The number of para-hydroxylation sites is 1. The van der Waals surface area contributed by atoms with E-state index >= 15 is 0 Å². The molecule has 0 spiro atoms. The second kappa shape index (κ2) is 4.70. The van der Waals surface area contributed by atoms with Gasteiger partial charge in [-0.25, -0.2) is 4.98 Å². The number of hydrogen-bond acceptors (Lipinski definition) is 4. The Bertz CT molecular complexity index is 896. The minimum absolute atomic E-state index is 0.154. The minimum Gasteiger partial charge on any atom is -0.274 e. The van der Waals surface area contributed by atoms with Crippen molar-refractivity contribution in [2.45, 2.75) is 25.8 Å². The molecule has 2 aromatic carbocycles. The molecule has 22 heavy (non-hydrogen) atoms. The maximum atomic E-state index is 4.88. The molecule has 4 rings (SSSR count). The van der Waals surface area contributed by atoms with E-state index in [0.717, 1.165) is 28.7 Å². The smallest absolute Gasteiger partial charge is 0.201 e. The Morgan fingerprint density at radius 2 is 1.59 bits per heavy atom. The van der Waals surface area contributed by atoms with Crippen LogP contribution in [0.25, 0.3) is 11.0 Å². The van der Waals surface area contributed by atoms with Gasteiger partial charge >= 0.3 is 0 Å². The molecule has 0 amide bonds. The van der Waals surface area contributed by atoms with E-state index in [1.54, 1.807) is 0 Å². The lowest BCUT2D eigenvalue weighted by Crippen LogP contribution is -2.30. The fraction of sp³-hybridized carbons (Fsp3) is 0.222. The average Bonchev–Trinajstić information content (AvgIpc) is 2.53. The van der Waals surface area contributed by atoms with Crippen molar-refractivity contribution in [3.8, 4) is 0 Å². The molecule has 2 heterocycles. The molecule has 1 aliphatic rings. The second-order valence-electron chi connectivity index (χ2n) is 6.23. The molecule has 0 radical (unpaired) electrons. The first-order chi connectivity index (χ1) is 10.6. The van der Waals surface area contributed by atoms with Crippen molar-refractivity contribution in [2.75, 3.05) is 0 Å². The molecule has 4 heteroatoms. The standard InChI is InChI=1S/C18H16N4/c1-18(2)11-12-7-3-4-8-13(12)16(20-18)17-19-14-9-5-6-10-15(14)21-22-17/h3-10H,11H2,1-2H3. The van der Waals surface area contributed by atoms with Crippen LogP contribution in [0.4, 0.5) is 0 Å². The van der Waals surface area contributed by atoms with Gasteiger partial charge in [-0.05, 0) is 38.0 Å². The molecule has 0 saturated heterocycles. The summed E-state index contributed by atoms with van der Waals surface area (Å²) in [6, 6.07) is 16.1. The predicted octanol–water partition coefficient (Wildman–Crippen LogP) is 3.20. The number of hydrogen-bond donors (Lipinski definition) is 0. The van der Waals surface area contributed by atoms with Crippen LogP contribution in [0.15, 0.2) is 53.5 Å². The SMILES string of the molecule is CC1(C)Cc2ccccc2C(c2nnc3ccccc3n2)=N1. The van der Waals surface area contributed by atoms with Crippen molar-refractivity contribution >= 4 is 16.7 Å². The fourth-order valence-corrected chi connectivity index (χ4v) is 2.93. The van der Waals surface area contributed by atoms with Crippen molar-refractivity contribution in [3.63, 3.8) is 0 Å². The monoisotopic (exact) mass is 288 g/mol. The van der Waals surface area contributed by atoms with Crippen LogP contribution < -0.4 is 0 Å². The zero-order chi connectivity index (χ0) is 15.2. The van der Waals surface area contributed by atoms with Crippen molar-refractivity contribution < 1.29 is 0 Å². The predicted molar refractivity (Wildman–Crippen MR) is 87.2 cm³/mol. The van der Waals surface area contributed by atoms with Crippen molar-refractivity contribution in [1.29, 1.82) is 0 Å². The first-order valence-electron chi connectivity index (χ1n) is 7.40. The lowest BCUT2D eigenvalue weighted by molar-refractivity contribution is 0.513. The molecule has 4 nitrogen and oxygen atoms in total. The zero-order valence-electron chi connectivity index (χ0n) is 12.6. The van der Waals surface area contributed by atoms with Gasteiger partial charge in [0.05, 0.1) is 11.1 Å². The molecule has 0 bridgehead atoms. The summed E-state index contributed by atoms with van der Waals surface area (Å²) in [5.74, 6) is 0.596. The number of fused-ring (bicyclic) bond motifs is 2. The largest absolute Gasteiger partial charge is 0.274 e. The van der Waals surface area contributed by atoms with Gasteiger partial charge in [0.1, 0.15) is 11.2 Å². The van der Waals surface area contributed by atoms with Gasteiger partial charge in [0.25, 0.3) is 0 Å². The molecule has 108 valence electrons. The molecule has 0 saturated carbocycles. The topological polar surface area (TPSA) is 51.0 Å². The molecule has 3 aromatic rings. The van der Waals surface area contributed by atoms with Crippen LogP contribution in [0.1, 0.15) is 30.8 Å². The van der Waals surface area contributed by atoms with Gasteiger partial charge in [-0.1, -0.05) is 36.4 Å². The van der Waals surface area contributed by atoms with Gasteiger partial charge in [0.15, 0.2) is 0 Å². The quantitative estimate of drug-likeness (QED) is 0.691. The third-order valence-corrected chi connectivity index (χ3v) is 3.88. The number of rotatable bonds is 1. The Balaban J connectivity index is 1.93. The summed E-state index contributed by atoms with van der Waals surface area (Å²) in [5, 5.41) is 8.59. The summed E-state index contributed by atoms with van der Waals surface area (Å²) < 4.78 is 0. The molecule has 1 aromatic heterocycles. The molecular weight excluding hydrogens is 272 g/mol. The number of nitrogens with zero attached hydrogens (tertiary/aromatic N) is 4. The summed E-state index contributed by atoms with van der Waals surface area (Å²) in [6.45, 7) is 4.27. The van der Waals surface area contributed by atoms with Gasteiger partial charge in [0.2, 0.25) is 5.82 Å². The normalized spacial score (nSPS) is 16.2. The third kappa shape index (κ3) is 2.17. The van der Waals surface area contributed by atoms with Crippen molar-refractivity contribution in [3.05, 3.63) is 65.5 Å². The van der Waals surface area contributed by atoms with E-state index in [-0.39, 0.29) is 5.54 Å². The maximum absolute atomic E-state index is 4.88. The highest BCUT2D eigenvalue weighted by Gasteiger charge is 2.28. The van der Waals surface area contributed by atoms with Crippen molar-refractivity contribution in [2.24, 2.45) is 4.99 Å². The van der Waals surface area contributed by atoms with Crippen LogP contribution in [0, 0.1) is 0 Å². The molecule has 0 atom stereocenters. The first-order valence-corrected chi connectivity index (χ1v) is 7.40. The van der Waals surface area contributed by atoms with E-state index in [2.05, 4.69) is 47.2 Å². The molecular formula is C18H16N4. The highest BCUT2D eigenvalue weighted by Crippen LogP contribution is 2.28. The summed E-state index contributed by atoms with van der Waals surface area (Å²) in [4.78, 5) is 9.54. The Hall–Kier alpha value is -2.62. The molecule has 1 aliphatic heterocycles. The Kier molecular flexibility index (Phi) is 2.79. The van der Waals surface area contributed by atoms with Crippen molar-refractivity contribution in [1.82, 2.24) is 15.2 Å². The summed E-state index contributed by atoms with van der Waals surface area (Å²) in [5.41, 5.74) is 4.73. The highest BCUT2D eigenvalue weighted by atomic mass is 15.2. The van der Waals surface area contributed by atoms with Crippen LogP contribution in [-0.4, -0.2) is 26.4 Å². The zero-order valence-corrected chi connectivity index (χ0v) is 12.6. The number of benzene rings is 2. The Morgan fingerprint density at radius 1 is 0.864 bits per heavy atom. The van der Waals surface area contributed by atoms with E-state index in [1.807, 2.05) is 30.3 Å². The van der Waals surface area contributed by atoms with E-state index in [9.17, 15) is 0 Å². The second-order valence-corrected chi connectivity index (χ2v) is 6.23.